The molecular weight excluding hydrogens is 210 g/mol. The van der Waals surface area contributed by atoms with Crippen molar-refractivity contribution < 1.29 is 0 Å². The highest BCUT2D eigenvalue weighted by molar-refractivity contribution is 5.16. The molecule has 1 heterocycles. The van der Waals surface area contributed by atoms with E-state index in [1.54, 1.807) is 0 Å². The Labute approximate surface area is 105 Å². The van der Waals surface area contributed by atoms with Gasteiger partial charge in [-0.2, -0.15) is 0 Å². The third-order valence-electron chi connectivity index (χ3n) is 3.29. The second-order valence-corrected chi connectivity index (χ2v) is 5.04. The number of likely N-dealkylation sites (N-methyl/N-ethyl adjacent to an activating group) is 1. The molecule has 0 aliphatic carbocycles. The predicted molar refractivity (Wildman–Crippen MR) is 72.4 cm³/mol. The first kappa shape index (κ1) is 14.1. The Morgan fingerprint density at radius 1 is 1.24 bits per heavy atom. The molecule has 0 saturated carbocycles. The van der Waals surface area contributed by atoms with E-state index in [9.17, 15) is 0 Å². The van der Waals surface area contributed by atoms with Gasteiger partial charge in [-0.05, 0) is 26.5 Å². The first-order valence-corrected chi connectivity index (χ1v) is 6.52. The summed E-state index contributed by atoms with van der Waals surface area (Å²) in [6.07, 6.45) is 1.11. The summed E-state index contributed by atoms with van der Waals surface area (Å²) in [6, 6.07) is 2.58. The van der Waals surface area contributed by atoms with Crippen molar-refractivity contribution in [1.82, 2.24) is 15.3 Å². The van der Waals surface area contributed by atoms with E-state index in [1.165, 1.54) is 0 Å². The Balaban J connectivity index is 3.04. The van der Waals surface area contributed by atoms with Gasteiger partial charge in [-0.15, -0.1) is 0 Å². The maximum atomic E-state index is 4.70. The molecule has 0 saturated heterocycles. The molecule has 2 unspecified atom stereocenters. The van der Waals surface area contributed by atoms with E-state index < -0.39 is 0 Å². The van der Waals surface area contributed by atoms with Gasteiger partial charge in [0, 0.05) is 29.3 Å². The summed E-state index contributed by atoms with van der Waals surface area (Å²) >= 11 is 0. The van der Waals surface area contributed by atoms with Crippen LogP contribution in [0.4, 0.5) is 0 Å². The molecule has 0 radical (unpaired) electrons. The van der Waals surface area contributed by atoms with Crippen LogP contribution in [0.3, 0.4) is 0 Å². The highest BCUT2D eigenvalue weighted by Crippen LogP contribution is 2.21. The maximum Gasteiger partial charge on any atom is 0.131 e. The highest BCUT2D eigenvalue weighted by Gasteiger charge is 2.18. The van der Waals surface area contributed by atoms with Crippen molar-refractivity contribution in [3.63, 3.8) is 0 Å². The van der Waals surface area contributed by atoms with Gasteiger partial charge in [0.05, 0.1) is 0 Å². The van der Waals surface area contributed by atoms with Crippen molar-refractivity contribution >= 4 is 0 Å². The summed E-state index contributed by atoms with van der Waals surface area (Å²) in [5.74, 6) is 1.76. The number of rotatable bonds is 5. The second-order valence-electron chi connectivity index (χ2n) is 5.04. The molecule has 0 amide bonds. The van der Waals surface area contributed by atoms with Crippen LogP contribution in [-0.2, 0) is 0 Å². The standard InChI is InChI=1S/C14H25N3/c1-7-12(15-6)11(5)13-8-10(4)16-14(17-13)9(2)3/h8-9,11-12,15H,7H2,1-6H3. The lowest BCUT2D eigenvalue weighted by Crippen LogP contribution is -2.30. The number of hydrogen-bond donors (Lipinski definition) is 1. The summed E-state index contributed by atoms with van der Waals surface area (Å²) in [5.41, 5.74) is 2.22. The van der Waals surface area contributed by atoms with Crippen molar-refractivity contribution in [2.75, 3.05) is 7.05 Å². The van der Waals surface area contributed by atoms with Crippen LogP contribution >= 0.6 is 0 Å². The Morgan fingerprint density at radius 2 is 1.88 bits per heavy atom. The van der Waals surface area contributed by atoms with Crippen LogP contribution in [0.15, 0.2) is 6.07 Å². The van der Waals surface area contributed by atoms with Crippen LogP contribution in [0.1, 0.15) is 63.2 Å². The Bertz CT molecular complexity index is 356. The molecule has 96 valence electrons. The number of aryl methyl sites for hydroxylation is 1. The molecule has 1 N–H and O–H groups in total. The van der Waals surface area contributed by atoms with Gasteiger partial charge in [0.1, 0.15) is 5.82 Å². The van der Waals surface area contributed by atoms with Crippen LogP contribution in [0, 0.1) is 6.92 Å². The fourth-order valence-corrected chi connectivity index (χ4v) is 2.12. The van der Waals surface area contributed by atoms with Crippen LogP contribution < -0.4 is 5.32 Å². The van der Waals surface area contributed by atoms with Gasteiger partial charge in [-0.3, -0.25) is 0 Å². The molecule has 1 aromatic rings. The second kappa shape index (κ2) is 6.10. The lowest BCUT2D eigenvalue weighted by Gasteiger charge is -2.22. The molecule has 1 rings (SSSR count). The van der Waals surface area contributed by atoms with Gasteiger partial charge in [-0.25, -0.2) is 9.97 Å². The van der Waals surface area contributed by atoms with E-state index in [0.29, 0.717) is 17.9 Å². The Morgan fingerprint density at radius 3 is 2.35 bits per heavy atom. The van der Waals surface area contributed by atoms with E-state index in [-0.39, 0.29) is 0 Å². The summed E-state index contributed by atoms with van der Waals surface area (Å²) in [7, 11) is 2.02. The number of hydrogen-bond acceptors (Lipinski definition) is 3. The maximum absolute atomic E-state index is 4.70. The molecule has 0 spiro atoms. The molecule has 3 nitrogen and oxygen atoms in total. The van der Waals surface area contributed by atoms with Gasteiger partial charge < -0.3 is 5.32 Å². The normalized spacial score (nSPS) is 15.0. The Hall–Kier alpha value is -0.960. The van der Waals surface area contributed by atoms with E-state index >= 15 is 0 Å². The molecule has 2 atom stereocenters. The van der Waals surface area contributed by atoms with Crippen LogP contribution in [0.5, 0.6) is 0 Å². The van der Waals surface area contributed by atoms with E-state index in [0.717, 1.165) is 23.6 Å². The minimum atomic E-state index is 0.385. The summed E-state index contributed by atoms with van der Waals surface area (Å²) < 4.78 is 0. The summed E-state index contributed by atoms with van der Waals surface area (Å²) in [5, 5.41) is 3.36. The summed E-state index contributed by atoms with van der Waals surface area (Å²) in [6.45, 7) is 10.8. The first-order chi connectivity index (χ1) is 7.99. The fourth-order valence-electron chi connectivity index (χ4n) is 2.12. The number of nitrogens with zero attached hydrogens (tertiary/aromatic N) is 2. The van der Waals surface area contributed by atoms with Crippen molar-refractivity contribution in [2.24, 2.45) is 0 Å². The number of nitrogens with one attached hydrogen (secondary N) is 1. The lowest BCUT2D eigenvalue weighted by atomic mass is 9.95. The topological polar surface area (TPSA) is 37.8 Å². The van der Waals surface area contributed by atoms with E-state index in [1.807, 2.05) is 14.0 Å². The first-order valence-electron chi connectivity index (χ1n) is 6.52. The predicted octanol–water partition coefficient (Wildman–Crippen LogP) is 3.01. The average molecular weight is 235 g/mol. The van der Waals surface area contributed by atoms with Crippen LogP contribution in [-0.4, -0.2) is 23.1 Å². The third kappa shape index (κ3) is 3.50. The van der Waals surface area contributed by atoms with Crippen molar-refractivity contribution in [3.8, 4) is 0 Å². The van der Waals surface area contributed by atoms with E-state index in [2.05, 4.69) is 44.1 Å². The molecule has 17 heavy (non-hydrogen) atoms. The molecule has 1 aromatic heterocycles. The molecule has 0 bridgehead atoms. The van der Waals surface area contributed by atoms with Gasteiger partial charge in [0.2, 0.25) is 0 Å². The van der Waals surface area contributed by atoms with Crippen molar-refractivity contribution in [2.45, 2.75) is 58.9 Å². The fraction of sp³-hybridized carbons (Fsp3) is 0.714. The average Bonchev–Trinajstić information content (AvgIpc) is 2.29. The van der Waals surface area contributed by atoms with Crippen LogP contribution in [0.2, 0.25) is 0 Å². The van der Waals surface area contributed by atoms with Gasteiger partial charge in [0.15, 0.2) is 0 Å². The third-order valence-corrected chi connectivity index (χ3v) is 3.29. The molecule has 0 aromatic carbocycles. The highest BCUT2D eigenvalue weighted by atomic mass is 14.9. The van der Waals surface area contributed by atoms with Crippen LogP contribution in [0.25, 0.3) is 0 Å². The zero-order valence-electron chi connectivity index (χ0n) is 11.9. The Kier molecular flexibility index (Phi) is 5.06. The quantitative estimate of drug-likeness (QED) is 0.852. The molecule has 0 aliphatic heterocycles. The zero-order valence-corrected chi connectivity index (χ0v) is 11.9. The molecule has 0 aliphatic rings. The van der Waals surface area contributed by atoms with E-state index in [4.69, 9.17) is 4.98 Å². The molecule has 0 fully saturated rings. The van der Waals surface area contributed by atoms with Crippen molar-refractivity contribution in [3.05, 3.63) is 23.3 Å². The molecule has 3 heteroatoms. The minimum Gasteiger partial charge on any atom is -0.316 e. The monoisotopic (exact) mass is 235 g/mol. The summed E-state index contributed by atoms with van der Waals surface area (Å²) in [4.78, 5) is 9.19. The smallest absolute Gasteiger partial charge is 0.131 e. The van der Waals surface area contributed by atoms with Gasteiger partial charge in [-0.1, -0.05) is 27.7 Å². The SMILES string of the molecule is CCC(NC)C(C)c1cc(C)nc(C(C)C)n1. The van der Waals surface area contributed by atoms with Gasteiger partial charge >= 0.3 is 0 Å². The van der Waals surface area contributed by atoms with Crippen molar-refractivity contribution in [1.29, 1.82) is 0 Å². The lowest BCUT2D eigenvalue weighted by molar-refractivity contribution is 0.463. The largest absolute Gasteiger partial charge is 0.316 e. The number of aromatic nitrogens is 2. The zero-order chi connectivity index (χ0) is 13.0. The van der Waals surface area contributed by atoms with Gasteiger partial charge in [0.25, 0.3) is 0 Å². The molecular formula is C14H25N3. The minimum absolute atomic E-state index is 0.385.